The first kappa shape index (κ1) is 11.9. The van der Waals surface area contributed by atoms with Crippen LogP contribution < -0.4 is 0 Å². The van der Waals surface area contributed by atoms with Crippen LogP contribution in [-0.4, -0.2) is 27.2 Å². The molecule has 0 fully saturated rings. The van der Waals surface area contributed by atoms with Gasteiger partial charge >= 0.3 is 0 Å². The minimum Gasteiger partial charge on any atom is -0.415 e. The van der Waals surface area contributed by atoms with Crippen molar-refractivity contribution in [1.82, 2.24) is 0 Å². The highest BCUT2D eigenvalue weighted by atomic mass is 28.4. The molecular weight excluding hydrogens is 190 g/mol. The van der Waals surface area contributed by atoms with Crippen LogP contribution in [0.5, 0.6) is 0 Å². The molecule has 1 rings (SSSR count). The van der Waals surface area contributed by atoms with Crippen LogP contribution in [0.3, 0.4) is 0 Å². The standard InChI is InChI=1S/C11H23NOSi/c1-11(2,3)14(4,5)13-9-10-7-6-8-12-10/h8,10H,6-7,9H2,1-5H3/t10-/m1/s1. The van der Waals surface area contributed by atoms with E-state index in [-0.39, 0.29) is 0 Å². The zero-order valence-electron chi connectivity index (χ0n) is 10.1. The predicted octanol–water partition coefficient (Wildman–Crippen LogP) is 3.24. The molecule has 0 aromatic heterocycles. The third-order valence-electron chi connectivity index (χ3n) is 3.39. The maximum Gasteiger partial charge on any atom is 0.192 e. The van der Waals surface area contributed by atoms with Gasteiger partial charge in [-0.15, -0.1) is 0 Å². The SMILES string of the molecule is CC(C)(C)[Si](C)(C)OC[C@H]1CCC=N1. The molecule has 3 heteroatoms. The molecular formula is C11H23NOSi. The first-order valence-corrected chi connectivity index (χ1v) is 8.39. The molecule has 0 bridgehead atoms. The van der Waals surface area contributed by atoms with E-state index in [9.17, 15) is 0 Å². The van der Waals surface area contributed by atoms with E-state index in [0.29, 0.717) is 11.1 Å². The largest absolute Gasteiger partial charge is 0.415 e. The van der Waals surface area contributed by atoms with E-state index in [1.165, 1.54) is 6.42 Å². The van der Waals surface area contributed by atoms with Crippen molar-refractivity contribution < 1.29 is 4.43 Å². The van der Waals surface area contributed by atoms with Crippen LogP contribution >= 0.6 is 0 Å². The number of nitrogens with zero attached hydrogens (tertiary/aromatic N) is 1. The summed E-state index contributed by atoms with van der Waals surface area (Å²) in [6.45, 7) is 12.2. The molecule has 1 heterocycles. The van der Waals surface area contributed by atoms with Crippen molar-refractivity contribution in [3.63, 3.8) is 0 Å². The van der Waals surface area contributed by atoms with Crippen LogP contribution in [0.1, 0.15) is 33.6 Å². The maximum absolute atomic E-state index is 6.10. The molecule has 2 nitrogen and oxygen atoms in total. The summed E-state index contributed by atoms with van der Waals surface area (Å²) >= 11 is 0. The van der Waals surface area contributed by atoms with Gasteiger partial charge in [-0.25, -0.2) is 0 Å². The molecule has 0 saturated heterocycles. The van der Waals surface area contributed by atoms with Crippen molar-refractivity contribution in [2.24, 2.45) is 4.99 Å². The minimum absolute atomic E-state index is 0.315. The van der Waals surface area contributed by atoms with Gasteiger partial charge in [-0.1, -0.05) is 20.8 Å². The second kappa shape index (κ2) is 4.15. The molecule has 1 aliphatic rings. The van der Waals surface area contributed by atoms with E-state index in [1.54, 1.807) is 0 Å². The summed E-state index contributed by atoms with van der Waals surface area (Å²) < 4.78 is 6.10. The maximum atomic E-state index is 6.10. The fourth-order valence-electron chi connectivity index (χ4n) is 1.21. The Morgan fingerprint density at radius 3 is 2.50 bits per heavy atom. The first-order chi connectivity index (χ1) is 6.33. The van der Waals surface area contributed by atoms with E-state index >= 15 is 0 Å². The minimum atomic E-state index is -1.55. The highest BCUT2D eigenvalue weighted by Gasteiger charge is 2.37. The van der Waals surface area contributed by atoms with Gasteiger partial charge in [0.25, 0.3) is 0 Å². The Bertz CT molecular complexity index is 218. The predicted molar refractivity (Wildman–Crippen MR) is 64.7 cm³/mol. The molecule has 1 aliphatic heterocycles. The Kier molecular flexibility index (Phi) is 3.53. The van der Waals surface area contributed by atoms with Gasteiger partial charge in [0.1, 0.15) is 0 Å². The molecule has 0 unspecified atom stereocenters. The normalized spacial score (nSPS) is 23.1. The zero-order valence-corrected chi connectivity index (χ0v) is 11.1. The van der Waals surface area contributed by atoms with Gasteiger partial charge < -0.3 is 4.43 Å². The Balaban J connectivity index is 2.39. The average molecular weight is 213 g/mol. The highest BCUT2D eigenvalue weighted by Crippen LogP contribution is 2.36. The van der Waals surface area contributed by atoms with E-state index in [4.69, 9.17) is 4.43 Å². The number of hydrogen-bond acceptors (Lipinski definition) is 2. The molecule has 82 valence electrons. The van der Waals surface area contributed by atoms with Crippen LogP contribution in [0.25, 0.3) is 0 Å². The topological polar surface area (TPSA) is 21.6 Å². The number of aliphatic imine (C=N–C) groups is 1. The van der Waals surface area contributed by atoms with E-state index in [1.807, 2.05) is 6.21 Å². The Hall–Kier alpha value is -0.153. The molecule has 0 N–H and O–H groups in total. The van der Waals surface area contributed by atoms with E-state index in [0.717, 1.165) is 13.0 Å². The Morgan fingerprint density at radius 1 is 1.43 bits per heavy atom. The molecule has 0 saturated carbocycles. The fraction of sp³-hybridized carbons (Fsp3) is 0.909. The van der Waals surface area contributed by atoms with E-state index < -0.39 is 8.32 Å². The summed E-state index contributed by atoms with van der Waals surface area (Å²) in [5.74, 6) is 0. The third kappa shape index (κ3) is 2.92. The summed E-state index contributed by atoms with van der Waals surface area (Å²) in [5.41, 5.74) is 0. The average Bonchev–Trinajstić information content (AvgIpc) is 2.50. The van der Waals surface area contributed by atoms with Crippen LogP contribution in [0.2, 0.25) is 18.1 Å². The Labute approximate surface area is 88.9 Å². The van der Waals surface area contributed by atoms with Crippen molar-refractivity contribution in [3.8, 4) is 0 Å². The third-order valence-corrected chi connectivity index (χ3v) is 7.89. The van der Waals surface area contributed by atoms with Crippen molar-refractivity contribution in [2.45, 2.75) is 57.8 Å². The van der Waals surface area contributed by atoms with Crippen LogP contribution in [0.15, 0.2) is 4.99 Å². The van der Waals surface area contributed by atoms with Crippen molar-refractivity contribution in [2.75, 3.05) is 6.61 Å². The lowest BCUT2D eigenvalue weighted by Gasteiger charge is -2.36. The zero-order chi connectivity index (χ0) is 10.8. The molecule has 0 amide bonds. The summed E-state index contributed by atoms with van der Waals surface area (Å²) in [6.07, 6.45) is 4.33. The van der Waals surface area contributed by atoms with Crippen LogP contribution in [0, 0.1) is 0 Å². The monoisotopic (exact) mass is 213 g/mol. The summed E-state index contributed by atoms with van der Waals surface area (Å²) in [5, 5.41) is 0.315. The van der Waals surface area contributed by atoms with Gasteiger partial charge in [0, 0.05) is 0 Å². The summed E-state index contributed by atoms with van der Waals surface area (Å²) in [4.78, 5) is 4.39. The Morgan fingerprint density at radius 2 is 2.07 bits per heavy atom. The molecule has 14 heavy (non-hydrogen) atoms. The lowest BCUT2D eigenvalue weighted by molar-refractivity contribution is 0.263. The quantitative estimate of drug-likeness (QED) is 0.660. The van der Waals surface area contributed by atoms with Crippen LogP contribution in [0.4, 0.5) is 0 Å². The lowest BCUT2D eigenvalue weighted by Crippen LogP contribution is -2.42. The molecule has 1 atom stereocenters. The van der Waals surface area contributed by atoms with E-state index in [2.05, 4.69) is 38.9 Å². The van der Waals surface area contributed by atoms with Gasteiger partial charge in [0.15, 0.2) is 8.32 Å². The molecule has 0 spiro atoms. The van der Waals surface area contributed by atoms with Crippen LogP contribution in [-0.2, 0) is 4.43 Å². The molecule has 0 aliphatic carbocycles. The number of hydrogen-bond donors (Lipinski definition) is 0. The number of rotatable bonds is 3. The van der Waals surface area contributed by atoms with Gasteiger partial charge in [-0.3, -0.25) is 4.99 Å². The lowest BCUT2D eigenvalue weighted by atomic mass is 10.2. The molecule has 0 radical (unpaired) electrons. The van der Waals surface area contributed by atoms with Gasteiger partial charge in [-0.2, -0.15) is 0 Å². The van der Waals surface area contributed by atoms with Crippen molar-refractivity contribution in [3.05, 3.63) is 0 Å². The van der Waals surface area contributed by atoms with Gasteiger partial charge in [0.2, 0.25) is 0 Å². The first-order valence-electron chi connectivity index (χ1n) is 5.48. The van der Waals surface area contributed by atoms with Crippen molar-refractivity contribution in [1.29, 1.82) is 0 Å². The highest BCUT2D eigenvalue weighted by molar-refractivity contribution is 6.74. The second-order valence-corrected chi connectivity index (χ2v) is 10.4. The summed E-state index contributed by atoms with van der Waals surface area (Å²) in [6, 6.07) is 0.434. The molecule has 0 aromatic carbocycles. The van der Waals surface area contributed by atoms with Gasteiger partial charge in [-0.05, 0) is 37.2 Å². The van der Waals surface area contributed by atoms with Crippen molar-refractivity contribution >= 4 is 14.5 Å². The smallest absolute Gasteiger partial charge is 0.192 e. The fourth-order valence-corrected chi connectivity index (χ4v) is 2.25. The second-order valence-electron chi connectivity index (χ2n) is 5.63. The van der Waals surface area contributed by atoms with Gasteiger partial charge in [0.05, 0.1) is 12.6 Å². The summed E-state index contributed by atoms with van der Waals surface area (Å²) in [7, 11) is -1.55. The molecule has 0 aromatic rings.